The van der Waals surface area contributed by atoms with Crippen LogP contribution >= 0.6 is 11.8 Å². The van der Waals surface area contributed by atoms with Gasteiger partial charge in [-0.05, 0) is 38.9 Å². The second-order valence-electron chi connectivity index (χ2n) is 4.77. The van der Waals surface area contributed by atoms with Crippen LogP contribution in [-0.2, 0) is 0 Å². The molecule has 0 saturated heterocycles. The topological polar surface area (TPSA) is 15.3 Å². The third-order valence-electron chi connectivity index (χ3n) is 3.99. The molecule has 0 spiro atoms. The summed E-state index contributed by atoms with van der Waals surface area (Å²) < 4.78 is 0. The second kappa shape index (κ2) is 7.57. The molecule has 0 aromatic heterocycles. The summed E-state index contributed by atoms with van der Waals surface area (Å²) in [7, 11) is 2.10. The lowest BCUT2D eigenvalue weighted by Gasteiger charge is -2.22. The van der Waals surface area contributed by atoms with Crippen LogP contribution in [0.25, 0.3) is 0 Å². The Labute approximate surface area is 106 Å². The highest BCUT2D eigenvalue weighted by atomic mass is 32.2. The van der Waals surface area contributed by atoms with Crippen LogP contribution in [0.4, 0.5) is 0 Å². The fraction of sp³-hybridized carbons (Fsp3) is 1.00. The maximum atomic E-state index is 3.44. The van der Waals surface area contributed by atoms with E-state index in [2.05, 4.69) is 49.8 Å². The second-order valence-corrected chi connectivity index (χ2v) is 6.11. The van der Waals surface area contributed by atoms with Gasteiger partial charge in [0.2, 0.25) is 0 Å². The van der Waals surface area contributed by atoms with E-state index < -0.39 is 0 Å². The van der Waals surface area contributed by atoms with E-state index in [4.69, 9.17) is 0 Å². The summed E-state index contributed by atoms with van der Waals surface area (Å²) in [5.74, 6) is 2.14. The summed E-state index contributed by atoms with van der Waals surface area (Å²) in [5, 5.41) is 4.32. The fourth-order valence-corrected chi connectivity index (χ4v) is 4.11. The molecule has 1 aliphatic rings. The molecule has 0 aromatic rings. The molecule has 3 unspecified atom stereocenters. The smallest absolute Gasteiger partial charge is 0.0101 e. The van der Waals surface area contributed by atoms with Gasteiger partial charge >= 0.3 is 0 Å². The molecule has 2 nitrogen and oxygen atoms in total. The van der Waals surface area contributed by atoms with Crippen molar-refractivity contribution in [3.63, 3.8) is 0 Å². The minimum absolute atomic E-state index is 0.756. The molecule has 0 heterocycles. The molecule has 1 saturated carbocycles. The minimum Gasteiger partial charge on any atom is -0.317 e. The molecule has 3 heteroatoms. The largest absolute Gasteiger partial charge is 0.317 e. The van der Waals surface area contributed by atoms with Crippen LogP contribution in [0.15, 0.2) is 0 Å². The normalized spacial score (nSPS) is 30.2. The first-order chi connectivity index (χ1) is 7.72. The number of hydrogen-bond donors (Lipinski definition) is 1. The average Bonchev–Trinajstić information content (AvgIpc) is 2.66. The molecule has 0 bridgehead atoms. The Hall–Kier alpha value is 0.270. The first-order valence-corrected chi connectivity index (χ1v) is 7.79. The van der Waals surface area contributed by atoms with Crippen molar-refractivity contribution in [2.45, 2.75) is 44.9 Å². The van der Waals surface area contributed by atoms with Gasteiger partial charge in [0.15, 0.2) is 0 Å². The maximum absolute atomic E-state index is 3.44. The van der Waals surface area contributed by atoms with Gasteiger partial charge in [-0.25, -0.2) is 0 Å². The van der Waals surface area contributed by atoms with Crippen LogP contribution in [0.3, 0.4) is 0 Å². The number of nitrogens with one attached hydrogen (secondary N) is 1. The van der Waals surface area contributed by atoms with Gasteiger partial charge in [0.1, 0.15) is 0 Å². The Bertz CT molecular complexity index is 183. The molecule has 1 rings (SSSR count). The van der Waals surface area contributed by atoms with Crippen LogP contribution in [0.5, 0.6) is 0 Å². The number of nitrogens with zero attached hydrogens (tertiary/aromatic N) is 1. The number of thioether (sulfide) groups is 1. The van der Waals surface area contributed by atoms with E-state index in [0.717, 1.165) is 17.2 Å². The zero-order valence-corrected chi connectivity index (χ0v) is 12.1. The third-order valence-corrected chi connectivity index (χ3v) is 5.50. The van der Waals surface area contributed by atoms with Gasteiger partial charge in [-0.2, -0.15) is 11.8 Å². The Morgan fingerprint density at radius 3 is 2.44 bits per heavy atom. The van der Waals surface area contributed by atoms with Gasteiger partial charge < -0.3 is 10.2 Å². The van der Waals surface area contributed by atoms with Crippen molar-refractivity contribution in [2.24, 2.45) is 5.92 Å². The summed E-state index contributed by atoms with van der Waals surface area (Å²) in [4.78, 5) is 2.52. The van der Waals surface area contributed by atoms with Crippen molar-refractivity contribution in [1.29, 1.82) is 0 Å². The van der Waals surface area contributed by atoms with E-state index in [9.17, 15) is 0 Å². The summed E-state index contributed by atoms with van der Waals surface area (Å²) in [6, 6.07) is 0.756. The zero-order valence-electron chi connectivity index (χ0n) is 11.3. The van der Waals surface area contributed by atoms with Crippen LogP contribution in [-0.4, -0.2) is 48.6 Å². The third kappa shape index (κ3) is 3.94. The van der Waals surface area contributed by atoms with Gasteiger partial charge in [-0.15, -0.1) is 0 Å². The number of hydrogen-bond acceptors (Lipinski definition) is 3. The fourth-order valence-electron chi connectivity index (χ4n) is 2.64. The highest BCUT2D eigenvalue weighted by molar-refractivity contribution is 7.99. The summed E-state index contributed by atoms with van der Waals surface area (Å²) in [5.41, 5.74) is 0. The average molecular weight is 244 g/mol. The standard InChI is InChI=1S/C13H28N2S/c1-5-15(6-2)9-10-16-13-8-7-12(14-4)11(13)3/h11-14H,5-10H2,1-4H3. The lowest BCUT2D eigenvalue weighted by Crippen LogP contribution is -2.30. The van der Waals surface area contributed by atoms with E-state index in [1.54, 1.807) is 0 Å². The van der Waals surface area contributed by atoms with Gasteiger partial charge in [0, 0.05) is 23.6 Å². The molecular weight excluding hydrogens is 216 g/mol. The van der Waals surface area contributed by atoms with Crippen LogP contribution in [0.1, 0.15) is 33.6 Å². The van der Waals surface area contributed by atoms with Crippen LogP contribution in [0, 0.1) is 5.92 Å². The molecule has 3 atom stereocenters. The Kier molecular flexibility index (Phi) is 6.78. The van der Waals surface area contributed by atoms with Crippen molar-refractivity contribution in [2.75, 3.05) is 32.4 Å². The van der Waals surface area contributed by atoms with Crippen molar-refractivity contribution in [3.05, 3.63) is 0 Å². The van der Waals surface area contributed by atoms with E-state index in [-0.39, 0.29) is 0 Å². The summed E-state index contributed by atoms with van der Waals surface area (Å²) in [6.07, 6.45) is 2.76. The van der Waals surface area contributed by atoms with E-state index in [1.807, 2.05) is 0 Å². The Morgan fingerprint density at radius 2 is 1.94 bits per heavy atom. The molecule has 16 heavy (non-hydrogen) atoms. The van der Waals surface area contributed by atoms with Gasteiger partial charge in [0.05, 0.1) is 0 Å². The molecule has 1 aliphatic carbocycles. The van der Waals surface area contributed by atoms with Crippen molar-refractivity contribution < 1.29 is 0 Å². The summed E-state index contributed by atoms with van der Waals surface area (Å²) >= 11 is 2.19. The molecule has 0 amide bonds. The van der Waals surface area contributed by atoms with Crippen LogP contribution in [0.2, 0.25) is 0 Å². The number of rotatable bonds is 7. The maximum Gasteiger partial charge on any atom is 0.0101 e. The predicted octanol–water partition coefficient (Wildman–Crippen LogP) is 2.45. The molecule has 0 aromatic carbocycles. The highest BCUT2D eigenvalue weighted by Gasteiger charge is 2.31. The van der Waals surface area contributed by atoms with Gasteiger partial charge in [-0.3, -0.25) is 0 Å². The predicted molar refractivity (Wildman–Crippen MR) is 75.3 cm³/mol. The molecule has 0 radical (unpaired) electrons. The highest BCUT2D eigenvalue weighted by Crippen LogP contribution is 2.34. The zero-order chi connectivity index (χ0) is 12.0. The quantitative estimate of drug-likeness (QED) is 0.740. The van der Waals surface area contributed by atoms with Crippen molar-refractivity contribution >= 4 is 11.8 Å². The minimum atomic E-state index is 0.756. The lowest BCUT2D eigenvalue weighted by molar-refractivity contribution is 0.323. The first-order valence-electron chi connectivity index (χ1n) is 6.74. The molecule has 0 aliphatic heterocycles. The van der Waals surface area contributed by atoms with Crippen LogP contribution < -0.4 is 5.32 Å². The van der Waals surface area contributed by atoms with Crippen molar-refractivity contribution in [1.82, 2.24) is 10.2 Å². The monoisotopic (exact) mass is 244 g/mol. The molecule has 1 N–H and O–H groups in total. The Morgan fingerprint density at radius 1 is 1.25 bits per heavy atom. The lowest BCUT2D eigenvalue weighted by atomic mass is 10.1. The molecule has 96 valence electrons. The van der Waals surface area contributed by atoms with Gasteiger partial charge in [-0.1, -0.05) is 20.8 Å². The first kappa shape index (κ1) is 14.3. The molecular formula is C13H28N2S. The summed E-state index contributed by atoms with van der Waals surface area (Å²) in [6.45, 7) is 10.5. The van der Waals surface area contributed by atoms with E-state index in [1.165, 1.54) is 38.2 Å². The molecule has 1 fully saturated rings. The SMILES string of the molecule is CCN(CC)CCSC1CCC(NC)C1C. The van der Waals surface area contributed by atoms with E-state index >= 15 is 0 Å². The van der Waals surface area contributed by atoms with Gasteiger partial charge in [0.25, 0.3) is 0 Å². The Balaban J connectivity index is 2.18. The van der Waals surface area contributed by atoms with E-state index in [0.29, 0.717) is 0 Å². The van der Waals surface area contributed by atoms with Crippen molar-refractivity contribution in [3.8, 4) is 0 Å².